The van der Waals surface area contributed by atoms with Gasteiger partial charge in [-0.2, -0.15) is 4.39 Å². The van der Waals surface area contributed by atoms with Crippen LogP contribution in [0.5, 0.6) is 0 Å². The van der Waals surface area contributed by atoms with Crippen LogP contribution in [0.25, 0.3) is 0 Å². The first-order chi connectivity index (χ1) is 9.49. The number of rotatable bonds is 6. The van der Waals surface area contributed by atoms with Gasteiger partial charge in [-0.05, 0) is 24.8 Å². The first kappa shape index (κ1) is 14.4. The number of amides is 1. The second-order valence-corrected chi connectivity index (χ2v) is 4.89. The van der Waals surface area contributed by atoms with Crippen molar-refractivity contribution in [2.24, 2.45) is 5.92 Å². The maximum absolute atomic E-state index is 13.7. The van der Waals surface area contributed by atoms with E-state index in [0.717, 1.165) is 18.8 Å². The first-order valence-electron chi connectivity index (χ1n) is 6.40. The molecule has 0 bridgehead atoms. The summed E-state index contributed by atoms with van der Waals surface area (Å²) in [5.74, 6) is -2.43. The molecule has 2 rings (SSSR count). The standard InChI is InChI=1S/C13H14F2N2O3/c14-9-6-10(12(15)11(7-9)17(19)20)13(18)16-5-1-2-8-3-4-8/h6-8H,1-5H2,(H,16,18). The predicted molar refractivity (Wildman–Crippen MR) is 67.3 cm³/mol. The monoisotopic (exact) mass is 284 g/mol. The molecule has 5 nitrogen and oxygen atoms in total. The second-order valence-electron chi connectivity index (χ2n) is 4.89. The molecule has 108 valence electrons. The Morgan fingerprint density at radius 2 is 2.10 bits per heavy atom. The molecule has 0 spiro atoms. The maximum Gasteiger partial charge on any atom is 0.308 e. The summed E-state index contributed by atoms with van der Waals surface area (Å²) in [6.07, 6.45) is 4.17. The largest absolute Gasteiger partial charge is 0.352 e. The van der Waals surface area contributed by atoms with E-state index in [0.29, 0.717) is 18.7 Å². The Morgan fingerprint density at radius 3 is 2.70 bits per heavy atom. The first-order valence-corrected chi connectivity index (χ1v) is 6.40. The molecule has 0 radical (unpaired) electrons. The van der Waals surface area contributed by atoms with Crippen molar-refractivity contribution in [3.8, 4) is 0 Å². The zero-order valence-corrected chi connectivity index (χ0v) is 10.7. The summed E-state index contributed by atoms with van der Waals surface area (Å²) < 4.78 is 26.9. The maximum atomic E-state index is 13.7. The normalized spacial score (nSPS) is 14.1. The Kier molecular flexibility index (Phi) is 4.26. The Labute approximate surface area is 114 Å². The molecule has 1 saturated carbocycles. The number of nitrogens with zero attached hydrogens (tertiary/aromatic N) is 1. The van der Waals surface area contributed by atoms with Crippen LogP contribution in [0.3, 0.4) is 0 Å². The van der Waals surface area contributed by atoms with Gasteiger partial charge in [0.15, 0.2) is 0 Å². The molecule has 0 atom stereocenters. The van der Waals surface area contributed by atoms with E-state index in [2.05, 4.69) is 5.32 Å². The summed E-state index contributed by atoms with van der Waals surface area (Å²) >= 11 is 0. The molecule has 0 unspecified atom stereocenters. The number of nitro benzene ring substituents is 1. The fourth-order valence-corrected chi connectivity index (χ4v) is 1.97. The molecule has 1 amide bonds. The van der Waals surface area contributed by atoms with E-state index in [9.17, 15) is 23.7 Å². The lowest BCUT2D eigenvalue weighted by atomic mass is 10.1. The predicted octanol–water partition coefficient (Wildman–Crippen LogP) is 2.79. The highest BCUT2D eigenvalue weighted by atomic mass is 19.1. The van der Waals surface area contributed by atoms with E-state index in [1.165, 1.54) is 12.8 Å². The van der Waals surface area contributed by atoms with E-state index in [1.807, 2.05) is 0 Å². The Bertz CT molecular complexity index is 545. The molecule has 1 fully saturated rings. The molecule has 1 N–H and O–H groups in total. The Balaban J connectivity index is 2.02. The third-order valence-corrected chi connectivity index (χ3v) is 3.23. The van der Waals surface area contributed by atoms with Gasteiger partial charge in [-0.1, -0.05) is 12.8 Å². The van der Waals surface area contributed by atoms with Crippen LogP contribution < -0.4 is 5.32 Å². The molecular weight excluding hydrogens is 270 g/mol. The lowest BCUT2D eigenvalue weighted by Gasteiger charge is -2.06. The number of benzene rings is 1. The van der Waals surface area contributed by atoms with Crippen LogP contribution in [0, 0.1) is 27.7 Å². The van der Waals surface area contributed by atoms with E-state index >= 15 is 0 Å². The molecule has 1 aromatic carbocycles. The van der Waals surface area contributed by atoms with Gasteiger partial charge in [0.25, 0.3) is 5.91 Å². The highest BCUT2D eigenvalue weighted by molar-refractivity contribution is 5.95. The second kappa shape index (κ2) is 5.94. The lowest BCUT2D eigenvalue weighted by Crippen LogP contribution is -2.26. The van der Waals surface area contributed by atoms with Crippen molar-refractivity contribution in [1.82, 2.24) is 5.32 Å². The molecule has 0 heterocycles. The van der Waals surface area contributed by atoms with Crippen LogP contribution in [0.4, 0.5) is 14.5 Å². The summed E-state index contributed by atoms with van der Waals surface area (Å²) in [6, 6.07) is 1.12. The van der Waals surface area contributed by atoms with Gasteiger partial charge in [0.1, 0.15) is 5.82 Å². The SMILES string of the molecule is O=C(NCCCC1CC1)c1cc(F)cc([N+](=O)[O-])c1F. The van der Waals surface area contributed by atoms with Crippen molar-refractivity contribution in [1.29, 1.82) is 0 Å². The summed E-state index contributed by atoms with van der Waals surface area (Å²) in [4.78, 5) is 21.2. The minimum absolute atomic E-state index is 0.346. The average molecular weight is 284 g/mol. The zero-order valence-electron chi connectivity index (χ0n) is 10.7. The van der Waals surface area contributed by atoms with Crippen LogP contribution in [0.2, 0.25) is 0 Å². The number of hydrogen-bond acceptors (Lipinski definition) is 3. The van der Waals surface area contributed by atoms with Gasteiger partial charge >= 0.3 is 5.69 Å². The number of hydrogen-bond donors (Lipinski definition) is 1. The molecule has 0 aromatic heterocycles. The third kappa shape index (κ3) is 3.49. The van der Waals surface area contributed by atoms with Gasteiger partial charge in [-0.15, -0.1) is 0 Å². The Hall–Kier alpha value is -2.05. The third-order valence-electron chi connectivity index (χ3n) is 3.23. The highest BCUT2D eigenvalue weighted by Crippen LogP contribution is 2.33. The summed E-state index contributed by atoms with van der Waals surface area (Å²) in [5.41, 5.74) is -1.67. The average Bonchev–Trinajstić information content (AvgIpc) is 3.20. The molecule has 1 aromatic rings. The van der Waals surface area contributed by atoms with E-state index in [1.54, 1.807) is 0 Å². The van der Waals surface area contributed by atoms with Gasteiger partial charge in [-0.3, -0.25) is 14.9 Å². The van der Waals surface area contributed by atoms with Crippen molar-refractivity contribution in [3.05, 3.63) is 39.4 Å². The topological polar surface area (TPSA) is 72.2 Å². The molecule has 20 heavy (non-hydrogen) atoms. The minimum atomic E-state index is -1.31. The van der Waals surface area contributed by atoms with E-state index in [4.69, 9.17) is 0 Å². The van der Waals surface area contributed by atoms with Gasteiger partial charge in [0.05, 0.1) is 16.6 Å². The van der Waals surface area contributed by atoms with Crippen molar-refractivity contribution < 1.29 is 18.5 Å². The van der Waals surface area contributed by atoms with Crippen LogP contribution in [-0.2, 0) is 0 Å². The van der Waals surface area contributed by atoms with Crippen LogP contribution in [0.1, 0.15) is 36.0 Å². The number of carbonyl (C=O) groups excluding carboxylic acids is 1. The van der Waals surface area contributed by atoms with Crippen molar-refractivity contribution in [2.75, 3.05) is 6.54 Å². The quantitative estimate of drug-likeness (QED) is 0.496. The smallest absolute Gasteiger partial charge is 0.308 e. The lowest BCUT2D eigenvalue weighted by molar-refractivity contribution is -0.387. The number of carbonyl (C=O) groups is 1. The molecule has 1 aliphatic carbocycles. The van der Waals surface area contributed by atoms with Crippen LogP contribution >= 0.6 is 0 Å². The summed E-state index contributed by atoms with van der Waals surface area (Å²) in [6.45, 7) is 0.346. The Morgan fingerprint density at radius 1 is 1.40 bits per heavy atom. The van der Waals surface area contributed by atoms with Crippen LogP contribution in [0.15, 0.2) is 12.1 Å². The van der Waals surface area contributed by atoms with Gasteiger partial charge in [0.2, 0.25) is 5.82 Å². The highest BCUT2D eigenvalue weighted by Gasteiger charge is 2.24. The summed E-state index contributed by atoms with van der Waals surface area (Å²) in [5, 5.41) is 13.0. The zero-order chi connectivity index (χ0) is 14.7. The molecule has 7 heteroatoms. The summed E-state index contributed by atoms with van der Waals surface area (Å²) in [7, 11) is 0. The van der Waals surface area contributed by atoms with Crippen molar-refractivity contribution >= 4 is 11.6 Å². The van der Waals surface area contributed by atoms with Gasteiger partial charge in [0, 0.05) is 6.54 Å². The van der Waals surface area contributed by atoms with Gasteiger partial charge < -0.3 is 5.32 Å². The number of nitro groups is 1. The van der Waals surface area contributed by atoms with Crippen molar-refractivity contribution in [2.45, 2.75) is 25.7 Å². The number of nitrogens with one attached hydrogen (secondary N) is 1. The van der Waals surface area contributed by atoms with Gasteiger partial charge in [-0.25, -0.2) is 4.39 Å². The fraction of sp³-hybridized carbons (Fsp3) is 0.462. The molecule has 0 aliphatic heterocycles. The van der Waals surface area contributed by atoms with E-state index < -0.39 is 33.7 Å². The molecular formula is C13H14F2N2O3. The van der Waals surface area contributed by atoms with E-state index in [-0.39, 0.29) is 0 Å². The van der Waals surface area contributed by atoms with Crippen molar-refractivity contribution in [3.63, 3.8) is 0 Å². The number of halogens is 2. The molecule has 1 aliphatic rings. The fourth-order valence-electron chi connectivity index (χ4n) is 1.97. The van der Waals surface area contributed by atoms with Crippen LogP contribution in [-0.4, -0.2) is 17.4 Å². The molecule has 0 saturated heterocycles. The minimum Gasteiger partial charge on any atom is -0.352 e.